The summed E-state index contributed by atoms with van der Waals surface area (Å²) in [5, 5.41) is 2.88. The molecule has 0 radical (unpaired) electrons. The van der Waals surface area contributed by atoms with E-state index in [0.29, 0.717) is 24.2 Å². The Kier molecular flexibility index (Phi) is 5.86. The Balaban J connectivity index is 1.56. The van der Waals surface area contributed by atoms with Crippen LogP contribution in [0.5, 0.6) is 0 Å². The number of amides is 2. The lowest BCUT2D eigenvalue weighted by molar-refractivity contribution is -0.127. The van der Waals surface area contributed by atoms with E-state index in [1.807, 2.05) is 30.3 Å². The minimum Gasteiger partial charge on any atom is -0.465 e. The number of benzene rings is 2. The van der Waals surface area contributed by atoms with Crippen molar-refractivity contribution in [2.75, 3.05) is 20.2 Å². The smallest absolute Gasteiger partial charge is 0.337 e. The first kappa shape index (κ1) is 18.6. The number of rotatable bonds is 6. The average Bonchev–Trinajstić information content (AvgIpc) is 3.05. The maximum Gasteiger partial charge on any atom is 0.337 e. The molecule has 1 saturated heterocycles. The van der Waals surface area contributed by atoms with Crippen LogP contribution in [0.2, 0.25) is 0 Å². The van der Waals surface area contributed by atoms with Gasteiger partial charge in [0.15, 0.2) is 0 Å². The summed E-state index contributed by atoms with van der Waals surface area (Å²) in [6.45, 7) is 1.13. The van der Waals surface area contributed by atoms with Gasteiger partial charge in [0.1, 0.15) is 0 Å². The maximum atomic E-state index is 12.5. The number of ether oxygens (including phenoxy) is 1. The van der Waals surface area contributed by atoms with Crippen molar-refractivity contribution >= 4 is 17.8 Å². The van der Waals surface area contributed by atoms with Crippen LogP contribution in [0.1, 0.15) is 32.7 Å². The van der Waals surface area contributed by atoms with Crippen molar-refractivity contribution in [1.82, 2.24) is 10.2 Å². The fourth-order valence-electron chi connectivity index (χ4n) is 3.17. The summed E-state index contributed by atoms with van der Waals surface area (Å²) >= 11 is 0. The lowest BCUT2D eigenvalue weighted by Gasteiger charge is -2.17. The van der Waals surface area contributed by atoms with Gasteiger partial charge in [0.05, 0.1) is 18.7 Å². The third kappa shape index (κ3) is 4.73. The molecule has 1 aliphatic rings. The van der Waals surface area contributed by atoms with Gasteiger partial charge in [0.25, 0.3) is 5.91 Å². The molecule has 1 N–H and O–H groups in total. The second kappa shape index (κ2) is 8.49. The van der Waals surface area contributed by atoms with Crippen molar-refractivity contribution < 1.29 is 19.1 Å². The Morgan fingerprint density at radius 2 is 1.85 bits per heavy atom. The number of hydrogen-bond acceptors (Lipinski definition) is 4. The molecular formula is C21H22N2O4. The first-order chi connectivity index (χ1) is 13.1. The van der Waals surface area contributed by atoms with Crippen LogP contribution in [0.3, 0.4) is 0 Å². The third-order valence-electron chi connectivity index (χ3n) is 4.61. The number of carbonyl (C=O) groups excluding carboxylic acids is 3. The van der Waals surface area contributed by atoms with Crippen molar-refractivity contribution in [2.45, 2.75) is 18.9 Å². The molecule has 140 valence electrons. The highest BCUT2D eigenvalue weighted by Crippen LogP contribution is 2.14. The molecule has 1 atom stereocenters. The van der Waals surface area contributed by atoms with E-state index in [1.54, 1.807) is 23.1 Å². The standard InChI is InChI=1S/C21H22N2O4/c1-27-21(26)17-9-5-8-16(12-17)20(25)22-18-13-19(24)23(14-18)11-10-15-6-3-2-4-7-15/h2-9,12,18H,10-11,13-14H2,1H3,(H,22,25)/t18-/m1/s1. The first-order valence-corrected chi connectivity index (χ1v) is 8.88. The van der Waals surface area contributed by atoms with Gasteiger partial charge in [-0.2, -0.15) is 0 Å². The number of carbonyl (C=O) groups is 3. The average molecular weight is 366 g/mol. The van der Waals surface area contributed by atoms with Crippen LogP contribution >= 0.6 is 0 Å². The van der Waals surface area contributed by atoms with Crippen LogP contribution in [0.15, 0.2) is 54.6 Å². The molecular weight excluding hydrogens is 344 g/mol. The van der Waals surface area contributed by atoms with Gasteiger partial charge in [-0.25, -0.2) is 4.79 Å². The quantitative estimate of drug-likeness (QED) is 0.794. The number of esters is 1. The largest absolute Gasteiger partial charge is 0.465 e. The second-order valence-electron chi connectivity index (χ2n) is 6.52. The Hall–Kier alpha value is -3.15. The molecule has 1 heterocycles. The highest BCUT2D eigenvalue weighted by molar-refractivity contribution is 5.98. The van der Waals surface area contributed by atoms with Crippen LogP contribution in [-0.4, -0.2) is 48.9 Å². The molecule has 1 aliphatic heterocycles. The van der Waals surface area contributed by atoms with Gasteiger partial charge in [0.2, 0.25) is 5.91 Å². The molecule has 0 aliphatic carbocycles. The van der Waals surface area contributed by atoms with Crippen molar-refractivity contribution in [2.24, 2.45) is 0 Å². The number of methoxy groups -OCH3 is 1. The topological polar surface area (TPSA) is 75.7 Å². The summed E-state index contributed by atoms with van der Waals surface area (Å²) in [6, 6.07) is 16.1. The van der Waals surface area contributed by atoms with E-state index in [9.17, 15) is 14.4 Å². The Bertz CT molecular complexity index is 835. The van der Waals surface area contributed by atoms with Crippen LogP contribution in [0, 0.1) is 0 Å². The van der Waals surface area contributed by atoms with Crippen molar-refractivity contribution in [3.8, 4) is 0 Å². The molecule has 0 saturated carbocycles. The summed E-state index contributed by atoms with van der Waals surface area (Å²) in [7, 11) is 1.29. The van der Waals surface area contributed by atoms with Gasteiger partial charge < -0.3 is 15.0 Å². The van der Waals surface area contributed by atoms with E-state index >= 15 is 0 Å². The second-order valence-corrected chi connectivity index (χ2v) is 6.52. The molecule has 0 aromatic heterocycles. The number of nitrogens with zero attached hydrogens (tertiary/aromatic N) is 1. The third-order valence-corrected chi connectivity index (χ3v) is 4.61. The minimum atomic E-state index is -0.493. The SMILES string of the molecule is COC(=O)c1cccc(C(=O)N[C@@H]2CC(=O)N(CCc3ccccc3)C2)c1. The summed E-state index contributed by atoms with van der Waals surface area (Å²) in [4.78, 5) is 38.1. The first-order valence-electron chi connectivity index (χ1n) is 8.88. The summed E-state index contributed by atoms with van der Waals surface area (Å²) < 4.78 is 4.67. The fourth-order valence-corrected chi connectivity index (χ4v) is 3.17. The van der Waals surface area contributed by atoms with Gasteiger partial charge in [-0.05, 0) is 30.2 Å². The number of likely N-dealkylation sites (tertiary alicyclic amines) is 1. The zero-order chi connectivity index (χ0) is 19.2. The molecule has 2 aromatic carbocycles. The predicted octanol–water partition coefficient (Wildman–Crippen LogP) is 2.05. The van der Waals surface area contributed by atoms with E-state index in [1.165, 1.54) is 18.7 Å². The number of hydrogen-bond donors (Lipinski definition) is 1. The van der Waals surface area contributed by atoms with Gasteiger partial charge in [-0.15, -0.1) is 0 Å². The monoisotopic (exact) mass is 366 g/mol. The van der Waals surface area contributed by atoms with Gasteiger partial charge in [-0.3, -0.25) is 9.59 Å². The number of nitrogens with one attached hydrogen (secondary N) is 1. The maximum absolute atomic E-state index is 12.5. The Labute approximate surface area is 158 Å². The van der Waals surface area contributed by atoms with E-state index in [0.717, 1.165) is 6.42 Å². The van der Waals surface area contributed by atoms with E-state index in [2.05, 4.69) is 10.1 Å². The van der Waals surface area contributed by atoms with Crippen LogP contribution in [0.25, 0.3) is 0 Å². The normalized spacial score (nSPS) is 16.3. The van der Waals surface area contributed by atoms with E-state index in [-0.39, 0.29) is 24.3 Å². The lowest BCUT2D eigenvalue weighted by Crippen LogP contribution is -2.37. The van der Waals surface area contributed by atoms with Crippen LogP contribution in [0.4, 0.5) is 0 Å². The highest BCUT2D eigenvalue weighted by Gasteiger charge is 2.30. The molecule has 0 bridgehead atoms. The predicted molar refractivity (Wildman–Crippen MR) is 100 cm³/mol. The molecule has 0 unspecified atom stereocenters. The fraction of sp³-hybridized carbons (Fsp3) is 0.286. The van der Waals surface area contributed by atoms with Crippen molar-refractivity contribution in [3.05, 3.63) is 71.3 Å². The minimum absolute atomic E-state index is 0.0412. The highest BCUT2D eigenvalue weighted by atomic mass is 16.5. The molecule has 2 amide bonds. The van der Waals surface area contributed by atoms with Crippen LogP contribution < -0.4 is 5.32 Å². The molecule has 27 heavy (non-hydrogen) atoms. The van der Waals surface area contributed by atoms with E-state index in [4.69, 9.17) is 0 Å². The molecule has 2 aromatic rings. The van der Waals surface area contributed by atoms with Gasteiger partial charge in [-0.1, -0.05) is 36.4 Å². The van der Waals surface area contributed by atoms with Gasteiger partial charge >= 0.3 is 5.97 Å². The molecule has 0 spiro atoms. The zero-order valence-electron chi connectivity index (χ0n) is 15.2. The Morgan fingerprint density at radius 3 is 2.59 bits per heavy atom. The van der Waals surface area contributed by atoms with E-state index < -0.39 is 5.97 Å². The summed E-state index contributed by atoms with van der Waals surface area (Å²) in [5.74, 6) is -0.754. The summed E-state index contributed by atoms with van der Waals surface area (Å²) in [6.07, 6.45) is 1.08. The molecule has 6 heteroatoms. The van der Waals surface area contributed by atoms with Crippen molar-refractivity contribution in [3.63, 3.8) is 0 Å². The summed E-state index contributed by atoms with van der Waals surface area (Å²) in [5.41, 5.74) is 1.86. The Morgan fingerprint density at radius 1 is 1.11 bits per heavy atom. The zero-order valence-corrected chi connectivity index (χ0v) is 15.2. The molecule has 6 nitrogen and oxygen atoms in total. The van der Waals surface area contributed by atoms with Crippen molar-refractivity contribution in [1.29, 1.82) is 0 Å². The van der Waals surface area contributed by atoms with Crippen LogP contribution in [-0.2, 0) is 16.0 Å². The lowest BCUT2D eigenvalue weighted by atomic mass is 10.1. The van der Waals surface area contributed by atoms with Gasteiger partial charge in [0, 0.05) is 25.1 Å². The molecule has 1 fully saturated rings. The molecule has 3 rings (SSSR count).